The van der Waals surface area contributed by atoms with Gasteiger partial charge in [-0.2, -0.15) is 0 Å². The van der Waals surface area contributed by atoms with E-state index >= 15 is 0 Å². The Morgan fingerprint density at radius 2 is 1.71 bits per heavy atom. The first kappa shape index (κ1) is 12.4. The van der Waals surface area contributed by atoms with Crippen LogP contribution in [0.5, 0.6) is 5.88 Å². The van der Waals surface area contributed by atoms with Gasteiger partial charge in [-0.25, -0.2) is 0 Å². The number of rotatable bonds is 0. The van der Waals surface area contributed by atoms with Crippen LogP contribution in [0.15, 0.2) is 30.3 Å². The minimum Gasteiger partial charge on any atom is -0.495 e. The van der Waals surface area contributed by atoms with Gasteiger partial charge in [0.25, 0.3) is 0 Å². The molecule has 0 spiro atoms. The second-order valence-electron chi connectivity index (χ2n) is 2.24. The summed E-state index contributed by atoms with van der Waals surface area (Å²) in [6.45, 7) is 0. The Kier molecular flexibility index (Phi) is 6.13. The highest BCUT2D eigenvalue weighted by Crippen LogP contribution is 2.17. The van der Waals surface area contributed by atoms with Crippen LogP contribution in [0.25, 0.3) is 10.9 Å². The molecule has 5 nitrogen and oxygen atoms in total. The molecular formula is C9H16N4O. The van der Waals surface area contributed by atoms with Gasteiger partial charge in [-0.1, -0.05) is 18.2 Å². The fourth-order valence-electron chi connectivity index (χ4n) is 1.06. The molecule has 78 valence electrons. The number of nitrogens with two attached hydrogens (primary N) is 3. The number of H-pyrrole nitrogens is 1. The van der Waals surface area contributed by atoms with Crippen LogP contribution in [0, 0.1) is 0 Å². The Morgan fingerprint density at radius 3 is 2.29 bits per heavy atom. The topological polar surface area (TPSA) is 114 Å². The van der Waals surface area contributed by atoms with Gasteiger partial charge in [-0.3, -0.25) is 11.7 Å². The maximum Gasteiger partial charge on any atom is 0.189 e. The minimum absolute atomic E-state index is 0.223. The van der Waals surface area contributed by atoms with Crippen LogP contribution in [0.1, 0.15) is 0 Å². The monoisotopic (exact) mass is 196 g/mol. The van der Waals surface area contributed by atoms with Crippen LogP contribution in [0.4, 0.5) is 0 Å². The summed E-state index contributed by atoms with van der Waals surface area (Å²) in [5, 5.41) is 10.0. The van der Waals surface area contributed by atoms with Gasteiger partial charge in [-0.15, -0.1) is 0 Å². The van der Waals surface area contributed by atoms with Crippen LogP contribution in [0.3, 0.4) is 0 Å². The normalized spacial score (nSPS) is 8.29. The lowest BCUT2D eigenvalue weighted by molar-refractivity contribution is 0.458. The van der Waals surface area contributed by atoms with Crippen molar-refractivity contribution in [3.8, 4) is 5.88 Å². The van der Waals surface area contributed by atoms with Crippen molar-refractivity contribution >= 4 is 10.9 Å². The van der Waals surface area contributed by atoms with E-state index in [0.717, 1.165) is 10.9 Å². The molecule has 0 radical (unpaired) electrons. The van der Waals surface area contributed by atoms with Crippen molar-refractivity contribution in [1.82, 2.24) is 4.98 Å². The lowest BCUT2D eigenvalue weighted by Crippen LogP contribution is -2.02. The zero-order valence-electron chi connectivity index (χ0n) is 8.07. The van der Waals surface area contributed by atoms with Crippen LogP contribution in [-0.2, 0) is 0 Å². The molecule has 0 bridgehead atoms. The highest BCUT2D eigenvalue weighted by atomic mass is 16.3. The standard InChI is InChI=1S/C8H7NO.CH5N.H4N2/c10-8-5-6-3-1-2-4-7(6)9-8;2*1-2/h1-5,9-10H;2H2,1H3;1-2H2. The number of fused-ring (bicyclic) bond motifs is 1. The van der Waals surface area contributed by atoms with E-state index in [1.54, 1.807) is 6.07 Å². The Labute approximate surface area is 82.5 Å². The van der Waals surface area contributed by atoms with Crippen LogP contribution >= 0.6 is 0 Å². The first-order valence-corrected chi connectivity index (χ1v) is 4.04. The van der Waals surface area contributed by atoms with E-state index in [-0.39, 0.29) is 5.88 Å². The van der Waals surface area contributed by atoms with Crippen molar-refractivity contribution in [2.24, 2.45) is 17.4 Å². The summed E-state index contributed by atoms with van der Waals surface area (Å²) in [6, 6.07) is 9.45. The third-order valence-electron chi connectivity index (χ3n) is 1.52. The van der Waals surface area contributed by atoms with Crippen molar-refractivity contribution in [2.45, 2.75) is 0 Å². The first-order chi connectivity index (χ1) is 6.86. The molecule has 0 fully saturated rings. The van der Waals surface area contributed by atoms with Crippen molar-refractivity contribution < 1.29 is 5.11 Å². The predicted molar refractivity (Wildman–Crippen MR) is 58.4 cm³/mol. The molecule has 0 amide bonds. The zero-order chi connectivity index (χ0) is 11.0. The van der Waals surface area contributed by atoms with Gasteiger partial charge in [-0.05, 0) is 13.1 Å². The summed E-state index contributed by atoms with van der Waals surface area (Å²) in [5.41, 5.74) is 5.47. The maximum atomic E-state index is 9.00. The maximum absolute atomic E-state index is 9.00. The first-order valence-electron chi connectivity index (χ1n) is 4.04. The molecule has 0 saturated heterocycles. The Hall–Kier alpha value is -1.56. The zero-order valence-corrected chi connectivity index (χ0v) is 8.07. The molecule has 0 aliphatic carbocycles. The molecule has 0 saturated carbocycles. The van der Waals surface area contributed by atoms with Crippen molar-refractivity contribution in [3.63, 3.8) is 0 Å². The van der Waals surface area contributed by atoms with Gasteiger partial charge in [0.2, 0.25) is 0 Å². The van der Waals surface area contributed by atoms with E-state index < -0.39 is 0 Å². The summed E-state index contributed by atoms with van der Waals surface area (Å²) in [6.07, 6.45) is 0. The molecular weight excluding hydrogens is 180 g/mol. The second kappa shape index (κ2) is 6.90. The van der Waals surface area contributed by atoms with E-state index in [9.17, 15) is 0 Å². The number of para-hydroxylation sites is 1. The lowest BCUT2D eigenvalue weighted by Gasteiger charge is -1.83. The number of hydrogen-bond acceptors (Lipinski definition) is 4. The van der Waals surface area contributed by atoms with E-state index in [4.69, 9.17) is 5.11 Å². The van der Waals surface area contributed by atoms with Gasteiger partial charge in [0.15, 0.2) is 5.88 Å². The predicted octanol–water partition coefficient (Wildman–Crippen LogP) is 0.267. The molecule has 0 atom stereocenters. The van der Waals surface area contributed by atoms with E-state index in [1.165, 1.54) is 7.05 Å². The van der Waals surface area contributed by atoms with Crippen molar-refractivity contribution in [2.75, 3.05) is 7.05 Å². The number of nitrogens with one attached hydrogen (secondary N) is 1. The summed E-state index contributed by atoms with van der Waals surface area (Å²) in [7, 11) is 1.50. The molecule has 1 aromatic heterocycles. The highest BCUT2D eigenvalue weighted by Gasteiger charge is 1.94. The minimum atomic E-state index is 0.223. The lowest BCUT2D eigenvalue weighted by atomic mass is 10.3. The smallest absolute Gasteiger partial charge is 0.189 e. The highest BCUT2D eigenvalue weighted by molar-refractivity contribution is 5.80. The number of aromatic amines is 1. The largest absolute Gasteiger partial charge is 0.495 e. The van der Waals surface area contributed by atoms with Gasteiger partial charge in [0.05, 0.1) is 0 Å². The van der Waals surface area contributed by atoms with Crippen molar-refractivity contribution in [1.29, 1.82) is 0 Å². The quantitative estimate of drug-likeness (QED) is 0.307. The van der Waals surface area contributed by atoms with Gasteiger partial charge in [0.1, 0.15) is 0 Å². The molecule has 14 heavy (non-hydrogen) atoms. The second-order valence-corrected chi connectivity index (χ2v) is 2.24. The Morgan fingerprint density at radius 1 is 1.14 bits per heavy atom. The van der Waals surface area contributed by atoms with Crippen LogP contribution in [-0.4, -0.2) is 17.1 Å². The molecule has 0 aliphatic rings. The molecule has 2 rings (SSSR count). The molecule has 8 N–H and O–H groups in total. The average Bonchev–Trinajstić information content (AvgIpc) is 2.64. The average molecular weight is 196 g/mol. The number of hydrogen-bond donors (Lipinski definition) is 5. The molecule has 1 aromatic carbocycles. The Balaban J connectivity index is 0.000000379. The molecule has 0 aliphatic heterocycles. The fraction of sp³-hybridized carbons (Fsp3) is 0.111. The van der Waals surface area contributed by atoms with E-state index in [1.807, 2.05) is 24.3 Å². The van der Waals surface area contributed by atoms with Crippen molar-refractivity contribution in [3.05, 3.63) is 30.3 Å². The van der Waals surface area contributed by atoms with Crippen LogP contribution < -0.4 is 17.4 Å². The summed E-state index contributed by atoms with van der Waals surface area (Å²) in [4.78, 5) is 2.81. The van der Waals surface area contributed by atoms with Gasteiger partial charge in [0, 0.05) is 17.0 Å². The van der Waals surface area contributed by atoms with E-state index in [0.29, 0.717) is 0 Å². The number of aromatic hydroxyl groups is 1. The number of aromatic nitrogens is 1. The molecule has 2 aromatic rings. The number of benzene rings is 1. The third kappa shape index (κ3) is 3.06. The summed E-state index contributed by atoms with van der Waals surface area (Å²) < 4.78 is 0. The summed E-state index contributed by atoms with van der Waals surface area (Å²) >= 11 is 0. The molecule has 1 heterocycles. The van der Waals surface area contributed by atoms with E-state index in [2.05, 4.69) is 22.4 Å². The van der Waals surface area contributed by atoms with Gasteiger partial charge >= 0.3 is 0 Å². The number of hydrazine groups is 1. The summed E-state index contributed by atoms with van der Waals surface area (Å²) in [5.74, 6) is 8.22. The van der Waals surface area contributed by atoms with Crippen LogP contribution in [0.2, 0.25) is 0 Å². The SMILES string of the molecule is CN.NN.Oc1cc2ccccc2[nH]1. The van der Waals surface area contributed by atoms with Gasteiger partial charge < -0.3 is 15.8 Å². The third-order valence-corrected chi connectivity index (χ3v) is 1.52. The molecule has 0 unspecified atom stereocenters. The fourth-order valence-corrected chi connectivity index (χ4v) is 1.06. The molecule has 5 heteroatoms. The Bertz CT molecular complexity index is 325.